The third-order valence-electron chi connectivity index (χ3n) is 4.73. The van der Waals surface area contributed by atoms with Gasteiger partial charge in [0.15, 0.2) is 18.7 Å². The molecule has 0 saturated carbocycles. The molecule has 0 aromatic carbocycles. The highest BCUT2D eigenvalue weighted by molar-refractivity contribution is 5.66. The summed E-state index contributed by atoms with van der Waals surface area (Å²) in [7, 11) is 0. The van der Waals surface area contributed by atoms with Crippen LogP contribution < -0.4 is 0 Å². The smallest absolute Gasteiger partial charge is 0.303 e. The lowest BCUT2D eigenvalue weighted by Crippen LogP contribution is -2.63. The van der Waals surface area contributed by atoms with Gasteiger partial charge in [-0.1, -0.05) is 13.8 Å². The molecule has 9 unspecified atom stereocenters. The van der Waals surface area contributed by atoms with E-state index in [0.717, 1.165) is 6.92 Å². The normalized spacial score (nSPS) is 38.7. The second-order valence-electron chi connectivity index (χ2n) is 7.99. The molecular weight excluding hydrogens is 420 g/mol. The topological polar surface area (TPSA) is 170 Å². The van der Waals surface area contributed by atoms with Gasteiger partial charge >= 0.3 is 11.9 Å². The van der Waals surface area contributed by atoms with E-state index in [1.165, 1.54) is 6.92 Å². The van der Waals surface area contributed by atoms with Gasteiger partial charge in [0.25, 0.3) is 0 Å². The SMILES string of the molecule is CC(=O)OCC1OC(OC2C(OCC(C)C)OCC(OC(C)=O)C2O)C(O)C(O)C1O. The summed E-state index contributed by atoms with van der Waals surface area (Å²) in [4.78, 5) is 22.4. The molecule has 0 spiro atoms. The fourth-order valence-electron chi connectivity index (χ4n) is 3.17. The van der Waals surface area contributed by atoms with Crippen molar-refractivity contribution in [2.45, 2.75) is 83.0 Å². The maximum atomic E-state index is 11.3. The first-order chi connectivity index (χ1) is 14.5. The minimum Gasteiger partial charge on any atom is -0.463 e. The van der Waals surface area contributed by atoms with E-state index in [1.807, 2.05) is 13.8 Å². The van der Waals surface area contributed by atoms with E-state index in [0.29, 0.717) is 0 Å². The number of aliphatic hydroxyl groups is 4. The molecule has 0 bridgehead atoms. The number of ether oxygens (including phenoxy) is 6. The Balaban J connectivity index is 2.16. The number of esters is 2. The number of carbonyl (C=O) groups excluding carboxylic acids is 2. The highest BCUT2D eigenvalue weighted by Gasteiger charge is 2.50. The van der Waals surface area contributed by atoms with Gasteiger partial charge in [-0.3, -0.25) is 9.59 Å². The Morgan fingerprint density at radius 2 is 1.65 bits per heavy atom. The van der Waals surface area contributed by atoms with Crippen LogP contribution in [-0.2, 0) is 38.0 Å². The minimum atomic E-state index is -1.70. The molecule has 12 heteroatoms. The van der Waals surface area contributed by atoms with Crippen LogP contribution in [0.5, 0.6) is 0 Å². The Kier molecular flexibility index (Phi) is 9.58. The van der Waals surface area contributed by atoms with Gasteiger partial charge in [0, 0.05) is 13.8 Å². The molecule has 0 amide bonds. The van der Waals surface area contributed by atoms with Crippen molar-refractivity contribution >= 4 is 11.9 Å². The predicted octanol–water partition coefficient (Wildman–Crippen LogP) is -1.94. The monoisotopic (exact) mass is 452 g/mol. The molecule has 0 radical (unpaired) electrons. The van der Waals surface area contributed by atoms with Gasteiger partial charge in [0.05, 0.1) is 13.2 Å². The van der Waals surface area contributed by atoms with Crippen LogP contribution in [-0.4, -0.2) is 107 Å². The first-order valence-electron chi connectivity index (χ1n) is 10.1. The highest BCUT2D eigenvalue weighted by atomic mass is 16.8. The molecule has 0 aromatic heterocycles. The van der Waals surface area contributed by atoms with Crippen molar-refractivity contribution in [1.82, 2.24) is 0 Å². The Bertz CT molecular complexity index is 598. The van der Waals surface area contributed by atoms with Gasteiger partial charge in [-0.15, -0.1) is 0 Å². The molecule has 31 heavy (non-hydrogen) atoms. The fraction of sp³-hybridized carbons (Fsp3) is 0.895. The summed E-state index contributed by atoms with van der Waals surface area (Å²) in [6.07, 6.45) is -12.5. The molecule has 0 aromatic rings. The summed E-state index contributed by atoms with van der Waals surface area (Å²) in [5.74, 6) is -1.13. The third-order valence-corrected chi connectivity index (χ3v) is 4.73. The van der Waals surface area contributed by atoms with Crippen molar-refractivity contribution < 1.29 is 58.4 Å². The zero-order valence-electron chi connectivity index (χ0n) is 17.9. The van der Waals surface area contributed by atoms with Gasteiger partial charge in [0.2, 0.25) is 0 Å². The maximum Gasteiger partial charge on any atom is 0.303 e. The van der Waals surface area contributed by atoms with E-state index in [9.17, 15) is 30.0 Å². The summed E-state index contributed by atoms with van der Waals surface area (Å²) >= 11 is 0. The zero-order valence-corrected chi connectivity index (χ0v) is 17.9. The zero-order chi connectivity index (χ0) is 23.3. The molecule has 2 fully saturated rings. The van der Waals surface area contributed by atoms with Gasteiger partial charge in [-0.25, -0.2) is 0 Å². The Morgan fingerprint density at radius 3 is 2.23 bits per heavy atom. The van der Waals surface area contributed by atoms with Crippen molar-refractivity contribution in [1.29, 1.82) is 0 Å². The minimum absolute atomic E-state index is 0.134. The largest absolute Gasteiger partial charge is 0.463 e. The quantitative estimate of drug-likeness (QED) is 0.301. The van der Waals surface area contributed by atoms with Gasteiger partial charge < -0.3 is 48.8 Å². The van der Waals surface area contributed by atoms with Gasteiger partial charge in [0.1, 0.15) is 43.2 Å². The Labute approximate surface area is 179 Å². The number of aliphatic hydroxyl groups excluding tert-OH is 4. The lowest BCUT2D eigenvalue weighted by Gasteiger charge is -2.44. The summed E-state index contributed by atoms with van der Waals surface area (Å²) in [5, 5.41) is 41.3. The molecule has 0 aliphatic carbocycles. The predicted molar refractivity (Wildman–Crippen MR) is 100 cm³/mol. The fourth-order valence-corrected chi connectivity index (χ4v) is 3.17. The lowest BCUT2D eigenvalue weighted by atomic mass is 9.98. The maximum absolute atomic E-state index is 11.3. The van der Waals surface area contributed by atoms with Crippen LogP contribution in [0.2, 0.25) is 0 Å². The van der Waals surface area contributed by atoms with Crippen LogP contribution >= 0.6 is 0 Å². The first kappa shape index (κ1) is 25.9. The van der Waals surface area contributed by atoms with E-state index < -0.39 is 73.9 Å². The van der Waals surface area contributed by atoms with Crippen molar-refractivity contribution in [2.24, 2.45) is 5.92 Å². The average molecular weight is 452 g/mol. The molecule has 2 saturated heterocycles. The van der Waals surface area contributed by atoms with E-state index >= 15 is 0 Å². The average Bonchev–Trinajstić information content (AvgIpc) is 2.68. The van der Waals surface area contributed by atoms with E-state index in [1.54, 1.807) is 0 Å². The summed E-state index contributed by atoms with van der Waals surface area (Å²) < 4.78 is 32.2. The van der Waals surface area contributed by atoms with E-state index in [2.05, 4.69) is 0 Å². The molecule has 2 aliphatic rings. The van der Waals surface area contributed by atoms with E-state index in [4.69, 9.17) is 28.4 Å². The molecule has 12 nitrogen and oxygen atoms in total. The van der Waals surface area contributed by atoms with Crippen molar-refractivity contribution in [2.75, 3.05) is 19.8 Å². The number of hydrogen-bond donors (Lipinski definition) is 4. The van der Waals surface area contributed by atoms with E-state index in [-0.39, 0.29) is 19.1 Å². The molecule has 2 heterocycles. The molecule has 180 valence electrons. The van der Waals surface area contributed by atoms with Crippen LogP contribution in [0.25, 0.3) is 0 Å². The molecule has 2 aliphatic heterocycles. The number of hydrogen-bond acceptors (Lipinski definition) is 12. The molecule has 2 rings (SSSR count). The summed E-state index contributed by atoms with van der Waals surface area (Å²) in [6, 6.07) is 0. The molecule has 9 atom stereocenters. The highest BCUT2D eigenvalue weighted by Crippen LogP contribution is 2.29. The van der Waals surface area contributed by atoms with Gasteiger partial charge in [-0.05, 0) is 5.92 Å². The van der Waals surface area contributed by atoms with Crippen molar-refractivity contribution in [3.63, 3.8) is 0 Å². The number of carbonyl (C=O) groups is 2. The third kappa shape index (κ3) is 7.05. The van der Waals surface area contributed by atoms with Crippen LogP contribution in [0.1, 0.15) is 27.7 Å². The van der Waals surface area contributed by atoms with Crippen LogP contribution in [0.3, 0.4) is 0 Å². The van der Waals surface area contributed by atoms with Crippen molar-refractivity contribution in [3.05, 3.63) is 0 Å². The molecular formula is C19H32O12. The summed E-state index contributed by atoms with van der Waals surface area (Å²) in [5.41, 5.74) is 0. The van der Waals surface area contributed by atoms with Gasteiger partial charge in [-0.2, -0.15) is 0 Å². The Morgan fingerprint density at radius 1 is 0.968 bits per heavy atom. The summed E-state index contributed by atoms with van der Waals surface area (Å²) in [6.45, 7) is 5.87. The van der Waals surface area contributed by atoms with Crippen molar-refractivity contribution in [3.8, 4) is 0 Å². The second kappa shape index (κ2) is 11.5. The lowest BCUT2D eigenvalue weighted by molar-refractivity contribution is -0.357. The second-order valence-corrected chi connectivity index (χ2v) is 7.99. The Hall–Kier alpha value is -1.38. The standard InChI is InChI=1S/C19H32O12/c1-8(2)5-27-19-17(14(23)12(7-28-19)29-10(4)21)31-18-16(25)15(24)13(22)11(30-18)6-26-9(3)20/h8,11-19,22-25H,5-7H2,1-4H3. The van der Waals surface area contributed by atoms with Crippen LogP contribution in [0, 0.1) is 5.92 Å². The first-order valence-corrected chi connectivity index (χ1v) is 10.1. The van der Waals surface area contributed by atoms with Crippen LogP contribution in [0.15, 0.2) is 0 Å². The van der Waals surface area contributed by atoms with Crippen LogP contribution in [0.4, 0.5) is 0 Å². The number of rotatable bonds is 8. The molecule has 4 N–H and O–H groups in total.